The molecule has 2 N–H and O–H groups in total. The van der Waals surface area contributed by atoms with Crippen LogP contribution in [0.2, 0.25) is 0 Å². The molecule has 1 aliphatic heterocycles. The van der Waals surface area contributed by atoms with Gasteiger partial charge in [0.2, 0.25) is 0 Å². The number of nitrogens with zero attached hydrogens (tertiary/aromatic N) is 2. The van der Waals surface area contributed by atoms with Crippen LogP contribution in [-0.2, 0) is 0 Å². The molecule has 2 atom stereocenters. The second-order valence-electron chi connectivity index (χ2n) is 4.67. The predicted molar refractivity (Wildman–Crippen MR) is 68.4 cm³/mol. The first kappa shape index (κ1) is 12.1. The van der Waals surface area contributed by atoms with Crippen LogP contribution in [0.25, 0.3) is 0 Å². The van der Waals surface area contributed by atoms with Crippen molar-refractivity contribution in [3.05, 3.63) is 35.4 Å². The van der Waals surface area contributed by atoms with Crippen molar-refractivity contribution in [3.8, 4) is 6.07 Å². The first-order chi connectivity index (χ1) is 8.26. The Balaban J connectivity index is 2.26. The molecule has 0 aliphatic carbocycles. The number of hydrogen-bond donors (Lipinski definition) is 1. The van der Waals surface area contributed by atoms with Crippen LogP contribution in [0.15, 0.2) is 24.3 Å². The molecule has 2 rings (SSSR count). The molecule has 3 nitrogen and oxygen atoms in total. The molecule has 1 saturated heterocycles. The summed E-state index contributed by atoms with van der Waals surface area (Å²) in [5, 5.41) is 8.95. The van der Waals surface area contributed by atoms with Crippen molar-refractivity contribution in [2.24, 2.45) is 5.73 Å². The molecule has 0 saturated carbocycles. The zero-order valence-electron chi connectivity index (χ0n) is 10.3. The molecule has 1 aromatic rings. The Morgan fingerprint density at radius 1 is 1.53 bits per heavy atom. The summed E-state index contributed by atoms with van der Waals surface area (Å²) in [6.07, 6.45) is 2.18. The lowest BCUT2D eigenvalue weighted by Crippen LogP contribution is -2.32. The lowest BCUT2D eigenvalue weighted by molar-refractivity contribution is 0.248. The van der Waals surface area contributed by atoms with Crippen LogP contribution < -0.4 is 5.73 Å². The van der Waals surface area contributed by atoms with Gasteiger partial charge in [-0.1, -0.05) is 19.1 Å². The molecule has 3 heteroatoms. The van der Waals surface area contributed by atoms with E-state index >= 15 is 0 Å². The molecule has 1 fully saturated rings. The highest BCUT2D eigenvalue weighted by molar-refractivity contribution is 5.35. The maximum atomic E-state index is 8.95. The molecule has 2 unspecified atom stereocenters. The maximum absolute atomic E-state index is 8.95. The van der Waals surface area contributed by atoms with Crippen molar-refractivity contribution >= 4 is 0 Å². The molecule has 0 radical (unpaired) electrons. The van der Waals surface area contributed by atoms with Gasteiger partial charge < -0.3 is 5.73 Å². The smallest absolute Gasteiger partial charge is 0.0991 e. The molecule has 0 amide bonds. The van der Waals surface area contributed by atoms with E-state index in [9.17, 15) is 0 Å². The summed E-state index contributed by atoms with van der Waals surface area (Å²) < 4.78 is 0. The number of hydrogen-bond acceptors (Lipinski definition) is 3. The minimum absolute atomic E-state index is 0.190. The van der Waals surface area contributed by atoms with E-state index < -0.39 is 0 Å². The Morgan fingerprint density at radius 3 is 3.06 bits per heavy atom. The third-order valence-electron chi connectivity index (χ3n) is 3.42. The number of nitriles is 1. The average molecular weight is 229 g/mol. The van der Waals surface area contributed by atoms with Crippen molar-refractivity contribution in [3.63, 3.8) is 0 Å². The topological polar surface area (TPSA) is 53.0 Å². The summed E-state index contributed by atoms with van der Waals surface area (Å²) in [6.45, 7) is 4.33. The Labute approximate surface area is 103 Å². The van der Waals surface area contributed by atoms with Crippen LogP contribution in [0.5, 0.6) is 0 Å². The van der Waals surface area contributed by atoms with Crippen molar-refractivity contribution in [2.45, 2.75) is 31.8 Å². The van der Waals surface area contributed by atoms with Gasteiger partial charge in [-0.2, -0.15) is 5.26 Å². The summed E-state index contributed by atoms with van der Waals surface area (Å²) in [5.74, 6) is 0. The fraction of sp³-hybridized carbons (Fsp3) is 0.500. The van der Waals surface area contributed by atoms with Crippen LogP contribution in [-0.4, -0.2) is 24.0 Å². The predicted octanol–water partition coefficient (Wildman–Crippen LogP) is 2.04. The molecule has 1 heterocycles. The third kappa shape index (κ3) is 2.49. The van der Waals surface area contributed by atoms with Crippen molar-refractivity contribution in [2.75, 3.05) is 13.1 Å². The quantitative estimate of drug-likeness (QED) is 0.863. The van der Waals surface area contributed by atoms with Gasteiger partial charge in [0.25, 0.3) is 0 Å². The third-order valence-corrected chi connectivity index (χ3v) is 3.42. The van der Waals surface area contributed by atoms with E-state index in [1.807, 2.05) is 18.2 Å². The standard InChI is InChI=1S/C14H19N3/c1-2-7-17-8-6-13(16)14(17)12-5-3-4-11(9-12)10-15/h3-5,9,13-14H,2,6-8,16H2,1H3. The van der Waals surface area contributed by atoms with Gasteiger partial charge in [0, 0.05) is 18.6 Å². The first-order valence-electron chi connectivity index (χ1n) is 6.26. The summed E-state index contributed by atoms with van der Waals surface area (Å²) >= 11 is 0. The van der Waals surface area contributed by atoms with Crippen LogP contribution in [0, 0.1) is 11.3 Å². The molecule has 90 valence electrons. The van der Waals surface area contributed by atoms with E-state index in [0.717, 1.165) is 31.5 Å². The van der Waals surface area contributed by atoms with Gasteiger partial charge in [0.05, 0.1) is 11.6 Å². The van der Waals surface area contributed by atoms with Gasteiger partial charge in [-0.25, -0.2) is 0 Å². The lowest BCUT2D eigenvalue weighted by atomic mass is 9.99. The second kappa shape index (κ2) is 5.31. The zero-order chi connectivity index (χ0) is 12.3. The summed E-state index contributed by atoms with van der Waals surface area (Å²) in [6, 6.07) is 10.5. The Bertz CT molecular complexity index is 420. The van der Waals surface area contributed by atoms with E-state index in [1.165, 1.54) is 5.56 Å². The number of nitrogens with two attached hydrogens (primary N) is 1. The van der Waals surface area contributed by atoms with Gasteiger partial charge in [0.15, 0.2) is 0 Å². The first-order valence-corrected chi connectivity index (χ1v) is 6.26. The lowest BCUT2D eigenvalue weighted by Gasteiger charge is -2.26. The van der Waals surface area contributed by atoms with Crippen LogP contribution in [0.4, 0.5) is 0 Å². The molecule has 17 heavy (non-hydrogen) atoms. The molecule has 0 spiro atoms. The molecule has 0 aromatic heterocycles. The van der Waals surface area contributed by atoms with Crippen LogP contribution in [0.1, 0.15) is 36.9 Å². The van der Waals surface area contributed by atoms with Crippen LogP contribution >= 0.6 is 0 Å². The molecule has 1 aromatic carbocycles. The number of rotatable bonds is 3. The highest BCUT2D eigenvalue weighted by Gasteiger charge is 2.32. The second-order valence-corrected chi connectivity index (χ2v) is 4.67. The van der Waals surface area contributed by atoms with E-state index in [2.05, 4.69) is 24.0 Å². The molecular weight excluding hydrogens is 210 g/mol. The minimum atomic E-state index is 0.190. The monoisotopic (exact) mass is 229 g/mol. The van der Waals surface area contributed by atoms with Crippen molar-refractivity contribution in [1.82, 2.24) is 4.90 Å². The van der Waals surface area contributed by atoms with E-state index in [-0.39, 0.29) is 12.1 Å². The average Bonchev–Trinajstić information content (AvgIpc) is 2.71. The van der Waals surface area contributed by atoms with E-state index in [1.54, 1.807) is 0 Å². The fourth-order valence-electron chi connectivity index (χ4n) is 2.67. The summed E-state index contributed by atoms with van der Waals surface area (Å²) in [5.41, 5.74) is 8.10. The van der Waals surface area contributed by atoms with Crippen molar-refractivity contribution in [1.29, 1.82) is 5.26 Å². The molecule has 0 bridgehead atoms. The Morgan fingerprint density at radius 2 is 2.35 bits per heavy atom. The van der Waals surface area contributed by atoms with Gasteiger partial charge >= 0.3 is 0 Å². The maximum Gasteiger partial charge on any atom is 0.0991 e. The van der Waals surface area contributed by atoms with Gasteiger partial charge in [-0.3, -0.25) is 4.90 Å². The van der Waals surface area contributed by atoms with Gasteiger partial charge in [-0.05, 0) is 37.1 Å². The van der Waals surface area contributed by atoms with E-state index in [4.69, 9.17) is 11.0 Å². The van der Waals surface area contributed by atoms with Gasteiger partial charge in [-0.15, -0.1) is 0 Å². The minimum Gasteiger partial charge on any atom is -0.326 e. The van der Waals surface area contributed by atoms with Gasteiger partial charge in [0.1, 0.15) is 0 Å². The summed E-state index contributed by atoms with van der Waals surface area (Å²) in [4.78, 5) is 2.43. The molecule has 1 aliphatic rings. The molecular formula is C14H19N3. The highest BCUT2D eigenvalue weighted by Crippen LogP contribution is 2.31. The zero-order valence-corrected chi connectivity index (χ0v) is 10.3. The normalized spacial score (nSPS) is 24.8. The van der Waals surface area contributed by atoms with Crippen molar-refractivity contribution < 1.29 is 0 Å². The number of benzene rings is 1. The highest BCUT2D eigenvalue weighted by atomic mass is 15.2. The Hall–Kier alpha value is -1.37. The van der Waals surface area contributed by atoms with E-state index in [0.29, 0.717) is 0 Å². The number of likely N-dealkylation sites (tertiary alicyclic amines) is 1. The fourth-order valence-corrected chi connectivity index (χ4v) is 2.67. The largest absolute Gasteiger partial charge is 0.326 e. The van der Waals surface area contributed by atoms with Crippen LogP contribution in [0.3, 0.4) is 0 Å². The SMILES string of the molecule is CCCN1CCC(N)C1c1cccc(C#N)c1. The summed E-state index contributed by atoms with van der Waals surface area (Å²) in [7, 11) is 0. The Kier molecular flexibility index (Phi) is 3.78.